The number of methoxy groups -OCH3 is 1. The molecule has 5 aromatic carbocycles. The summed E-state index contributed by atoms with van der Waals surface area (Å²) in [5, 5.41) is 0. The summed E-state index contributed by atoms with van der Waals surface area (Å²) in [7, 11) is 1.52. The van der Waals surface area contributed by atoms with Crippen LogP contribution in [0.1, 0.15) is 52.0 Å². The molecule has 0 radical (unpaired) electrons. The standard InChI is InChI=1S/C43H42O5/c1-3-46-43(44)41(45-2)29-32-18-23-37(24-19-32)47-27-28-48-42-39-26-21-35(33-13-8-5-9-14-33)30-36(39)22-25-38-34(15-10-16-40(38)42)20-17-31-11-6-4-7-12-31/h4-16,18-19,21-26,30,41-42H,3,17,20,27-29H2,1-2H3. The van der Waals surface area contributed by atoms with Crippen molar-refractivity contribution in [2.75, 3.05) is 26.9 Å². The number of hydrogen-bond acceptors (Lipinski definition) is 5. The normalized spacial score (nSPS) is 14.0. The molecule has 0 saturated carbocycles. The Hall–Kier alpha value is -4.97. The molecule has 0 amide bonds. The molecule has 0 saturated heterocycles. The molecule has 244 valence electrons. The first kappa shape index (κ1) is 33.0. The fraction of sp³-hybridized carbons (Fsp3) is 0.233. The SMILES string of the molecule is CCOC(=O)C(Cc1ccc(OCCOC2c3ccc(-c4ccccc4)cc3C=Cc3c(CCc4ccccc4)cccc32)cc1)OC. The van der Waals surface area contributed by atoms with Crippen LogP contribution in [-0.4, -0.2) is 39.0 Å². The summed E-state index contributed by atoms with van der Waals surface area (Å²) in [6.45, 7) is 2.92. The summed E-state index contributed by atoms with van der Waals surface area (Å²) in [4.78, 5) is 12.1. The first-order valence-corrected chi connectivity index (χ1v) is 16.7. The minimum absolute atomic E-state index is 0.244. The molecule has 0 aromatic heterocycles. The van der Waals surface area contributed by atoms with Crippen molar-refractivity contribution in [3.05, 3.63) is 160 Å². The van der Waals surface area contributed by atoms with Gasteiger partial charge in [-0.3, -0.25) is 0 Å². The van der Waals surface area contributed by atoms with Crippen LogP contribution in [0.4, 0.5) is 0 Å². The Morgan fingerprint density at radius 1 is 0.708 bits per heavy atom. The Balaban J connectivity index is 1.19. The third kappa shape index (κ3) is 8.11. The second-order valence-electron chi connectivity index (χ2n) is 11.9. The third-order valence-corrected chi connectivity index (χ3v) is 8.76. The predicted octanol–water partition coefficient (Wildman–Crippen LogP) is 8.93. The Labute approximate surface area is 283 Å². The molecule has 5 nitrogen and oxygen atoms in total. The summed E-state index contributed by atoms with van der Waals surface area (Å²) in [5.74, 6) is 0.389. The van der Waals surface area contributed by atoms with Gasteiger partial charge in [-0.15, -0.1) is 0 Å². The largest absolute Gasteiger partial charge is 0.491 e. The Kier molecular flexibility index (Phi) is 11.1. The minimum Gasteiger partial charge on any atom is -0.491 e. The highest BCUT2D eigenvalue weighted by atomic mass is 16.6. The molecule has 2 unspecified atom stereocenters. The van der Waals surface area contributed by atoms with E-state index in [9.17, 15) is 4.79 Å². The van der Waals surface area contributed by atoms with Crippen molar-refractivity contribution < 1.29 is 23.7 Å². The minimum atomic E-state index is -0.632. The molecule has 5 aromatic rings. The van der Waals surface area contributed by atoms with Crippen LogP contribution in [0.5, 0.6) is 5.75 Å². The Bertz CT molecular complexity index is 1810. The van der Waals surface area contributed by atoms with E-state index in [1.807, 2.05) is 30.3 Å². The number of ether oxygens (including phenoxy) is 4. The number of carbonyl (C=O) groups excluding carboxylic acids is 1. The maximum absolute atomic E-state index is 12.1. The molecular formula is C43H42O5. The number of fused-ring (bicyclic) bond motifs is 2. The van der Waals surface area contributed by atoms with Crippen molar-refractivity contribution in [1.29, 1.82) is 0 Å². The third-order valence-electron chi connectivity index (χ3n) is 8.76. The topological polar surface area (TPSA) is 54.0 Å². The molecule has 0 N–H and O–H groups in total. The zero-order chi connectivity index (χ0) is 33.1. The number of rotatable bonds is 14. The van der Waals surface area contributed by atoms with Gasteiger partial charge in [-0.2, -0.15) is 0 Å². The molecule has 48 heavy (non-hydrogen) atoms. The predicted molar refractivity (Wildman–Crippen MR) is 192 cm³/mol. The van der Waals surface area contributed by atoms with E-state index in [1.165, 1.54) is 40.5 Å². The summed E-state index contributed by atoms with van der Waals surface area (Å²) in [6, 6.07) is 42.1. The molecule has 5 heteroatoms. The van der Waals surface area contributed by atoms with Crippen LogP contribution in [-0.2, 0) is 38.3 Å². The van der Waals surface area contributed by atoms with Gasteiger partial charge in [0.05, 0.1) is 13.2 Å². The van der Waals surface area contributed by atoms with Crippen molar-refractivity contribution in [3.8, 4) is 16.9 Å². The summed E-state index contributed by atoms with van der Waals surface area (Å²) < 4.78 is 23.3. The molecule has 0 fully saturated rings. The number of hydrogen-bond donors (Lipinski definition) is 0. The number of carbonyl (C=O) groups is 1. The molecule has 1 aliphatic rings. The van der Waals surface area contributed by atoms with Crippen molar-refractivity contribution in [2.24, 2.45) is 0 Å². The van der Waals surface area contributed by atoms with Gasteiger partial charge in [0.2, 0.25) is 0 Å². The van der Waals surface area contributed by atoms with Crippen LogP contribution in [0.3, 0.4) is 0 Å². The van der Waals surface area contributed by atoms with E-state index in [0.29, 0.717) is 26.2 Å². The smallest absolute Gasteiger partial charge is 0.335 e. The number of aryl methyl sites for hydroxylation is 2. The molecule has 0 heterocycles. The molecule has 6 rings (SSSR count). The lowest BCUT2D eigenvalue weighted by Gasteiger charge is -2.23. The molecule has 0 aliphatic heterocycles. The van der Waals surface area contributed by atoms with Crippen LogP contribution < -0.4 is 4.74 Å². The highest BCUT2D eigenvalue weighted by molar-refractivity contribution is 5.80. The second-order valence-corrected chi connectivity index (χ2v) is 11.9. The molecular weight excluding hydrogens is 596 g/mol. The van der Waals surface area contributed by atoms with E-state index in [0.717, 1.165) is 35.3 Å². The lowest BCUT2D eigenvalue weighted by molar-refractivity contribution is -0.154. The monoisotopic (exact) mass is 638 g/mol. The van der Waals surface area contributed by atoms with Crippen molar-refractivity contribution in [1.82, 2.24) is 0 Å². The molecule has 1 aliphatic carbocycles. The van der Waals surface area contributed by atoms with E-state index < -0.39 is 6.10 Å². The fourth-order valence-electron chi connectivity index (χ4n) is 6.25. The summed E-state index contributed by atoms with van der Waals surface area (Å²) >= 11 is 0. The maximum Gasteiger partial charge on any atom is 0.335 e. The Morgan fingerprint density at radius 2 is 1.48 bits per heavy atom. The van der Waals surface area contributed by atoms with Gasteiger partial charge < -0.3 is 18.9 Å². The molecule has 0 bridgehead atoms. The second kappa shape index (κ2) is 16.2. The van der Waals surface area contributed by atoms with Crippen LogP contribution >= 0.6 is 0 Å². The highest BCUT2D eigenvalue weighted by Gasteiger charge is 2.24. The lowest BCUT2D eigenvalue weighted by atomic mass is 9.91. The average Bonchev–Trinajstić information content (AvgIpc) is 3.29. The van der Waals surface area contributed by atoms with Gasteiger partial charge >= 0.3 is 5.97 Å². The van der Waals surface area contributed by atoms with E-state index in [4.69, 9.17) is 18.9 Å². The van der Waals surface area contributed by atoms with Gasteiger partial charge in [-0.1, -0.05) is 115 Å². The van der Waals surface area contributed by atoms with E-state index >= 15 is 0 Å². The highest BCUT2D eigenvalue weighted by Crippen LogP contribution is 2.38. The van der Waals surface area contributed by atoms with E-state index in [1.54, 1.807) is 6.92 Å². The van der Waals surface area contributed by atoms with E-state index in [2.05, 4.69) is 103 Å². The van der Waals surface area contributed by atoms with Crippen LogP contribution in [0.15, 0.2) is 121 Å². The zero-order valence-electron chi connectivity index (χ0n) is 27.6. The quantitative estimate of drug-likeness (QED) is 0.0898. The first-order valence-electron chi connectivity index (χ1n) is 16.7. The van der Waals surface area contributed by atoms with Crippen LogP contribution in [0.2, 0.25) is 0 Å². The molecule has 2 atom stereocenters. The lowest BCUT2D eigenvalue weighted by Crippen LogP contribution is -2.27. The van der Waals surface area contributed by atoms with Gasteiger partial charge in [0.25, 0.3) is 0 Å². The van der Waals surface area contributed by atoms with Crippen LogP contribution in [0, 0.1) is 0 Å². The zero-order valence-corrected chi connectivity index (χ0v) is 27.6. The van der Waals surface area contributed by atoms with Crippen molar-refractivity contribution >= 4 is 18.1 Å². The number of benzene rings is 5. The van der Waals surface area contributed by atoms with Gasteiger partial charge in [0.15, 0.2) is 6.10 Å². The van der Waals surface area contributed by atoms with Gasteiger partial charge in [-0.05, 0) is 88.0 Å². The van der Waals surface area contributed by atoms with E-state index in [-0.39, 0.29) is 12.1 Å². The Morgan fingerprint density at radius 3 is 2.23 bits per heavy atom. The van der Waals surface area contributed by atoms with Crippen molar-refractivity contribution in [2.45, 2.75) is 38.4 Å². The van der Waals surface area contributed by atoms with Gasteiger partial charge in [0.1, 0.15) is 18.5 Å². The van der Waals surface area contributed by atoms with Gasteiger partial charge in [-0.25, -0.2) is 4.79 Å². The first-order chi connectivity index (χ1) is 23.6. The average molecular weight is 639 g/mol. The summed E-state index contributed by atoms with van der Waals surface area (Å²) in [5.41, 5.74) is 10.7. The molecule has 0 spiro atoms. The van der Waals surface area contributed by atoms with Crippen LogP contribution in [0.25, 0.3) is 23.3 Å². The van der Waals surface area contributed by atoms with Gasteiger partial charge in [0, 0.05) is 13.5 Å². The van der Waals surface area contributed by atoms with Crippen molar-refractivity contribution in [3.63, 3.8) is 0 Å². The maximum atomic E-state index is 12.1. The summed E-state index contributed by atoms with van der Waals surface area (Å²) in [6.07, 6.45) is 5.99. The number of esters is 1. The fourth-order valence-corrected chi connectivity index (χ4v) is 6.25.